The second kappa shape index (κ2) is 5.21. The van der Waals surface area contributed by atoms with E-state index in [2.05, 4.69) is 25.0 Å². The molecule has 3 N–H and O–H groups in total. The smallest absolute Gasteiger partial charge is 0.213 e. The SMILES string of the molecule is CC(C)NC(N)=NCCc1ncon1. The van der Waals surface area contributed by atoms with Gasteiger partial charge < -0.3 is 15.6 Å². The van der Waals surface area contributed by atoms with Crippen LogP contribution in [0.5, 0.6) is 0 Å². The van der Waals surface area contributed by atoms with Crippen LogP contribution < -0.4 is 11.1 Å². The van der Waals surface area contributed by atoms with E-state index in [0.29, 0.717) is 30.8 Å². The Kier molecular flexibility index (Phi) is 3.90. The van der Waals surface area contributed by atoms with Crippen LogP contribution in [0.1, 0.15) is 19.7 Å². The van der Waals surface area contributed by atoms with Crippen LogP contribution in [0, 0.1) is 0 Å². The molecule has 0 atom stereocenters. The van der Waals surface area contributed by atoms with Crippen molar-refractivity contribution >= 4 is 5.96 Å². The van der Waals surface area contributed by atoms with Crippen molar-refractivity contribution in [2.45, 2.75) is 26.3 Å². The van der Waals surface area contributed by atoms with Gasteiger partial charge in [-0.15, -0.1) is 0 Å². The molecule has 6 heteroatoms. The third-order valence-electron chi connectivity index (χ3n) is 1.46. The molecule has 0 aliphatic heterocycles. The maximum absolute atomic E-state index is 5.59. The highest BCUT2D eigenvalue weighted by Crippen LogP contribution is 1.89. The van der Waals surface area contributed by atoms with Crippen LogP contribution in [0.2, 0.25) is 0 Å². The minimum absolute atomic E-state index is 0.295. The van der Waals surface area contributed by atoms with E-state index in [1.54, 1.807) is 0 Å². The fraction of sp³-hybridized carbons (Fsp3) is 0.625. The average molecular weight is 197 g/mol. The topological polar surface area (TPSA) is 89.3 Å². The van der Waals surface area contributed by atoms with Crippen molar-refractivity contribution in [1.29, 1.82) is 0 Å². The minimum atomic E-state index is 0.295. The molecule has 0 unspecified atom stereocenters. The summed E-state index contributed by atoms with van der Waals surface area (Å²) in [5.41, 5.74) is 5.59. The van der Waals surface area contributed by atoms with E-state index in [-0.39, 0.29) is 0 Å². The second-order valence-electron chi connectivity index (χ2n) is 3.16. The van der Waals surface area contributed by atoms with Gasteiger partial charge in [-0.05, 0) is 13.8 Å². The number of rotatable bonds is 4. The molecule has 14 heavy (non-hydrogen) atoms. The lowest BCUT2D eigenvalue weighted by molar-refractivity contribution is 0.410. The van der Waals surface area contributed by atoms with Crippen LogP contribution in [-0.2, 0) is 6.42 Å². The third kappa shape index (κ3) is 3.88. The Morgan fingerprint density at radius 2 is 2.50 bits per heavy atom. The van der Waals surface area contributed by atoms with E-state index >= 15 is 0 Å². The van der Waals surface area contributed by atoms with E-state index in [1.165, 1.54) is 6.39 Å². The van der Waals surface area contributed by atoms with Gasteiger partial charge in [-0.2, -0.15) is 4.98 Å². The summed E-state index contributed by atoms with van der Waals surface area (Å²) < 4.78 is 4.58. The zero-order valence-corrected chi connectivity index (χ0v) is 8.40. The number of aliphatic imine (C=N–C) groups is 1. The van der Waals surface area contributed by atoms with E-state index in [4.69, 9.17) is 5.73 Å². The lowest BCUT2D eigenvalue weighted by Gasteiger charge is -2.07. The minimum Gasteiger partial charge on any atom is -0.370 e. The molecule has 0 saturated heterocycles. The quantitative estimate of drug-likeness (QED) is 0.520. The monoisotopic (exact) mass is 197 g/mol. The van der Waals surface area contributed by atoms with Crippen LogP contribution >= 0.6 is 0 Å². The Balaban J connectivity index is 2.26. The van der Waals surface area contributed by atoms with E-state index in [1.807, 2.05) is 13.8 Å². The largest absolute Gasteiger partial charge is 0.370 e. The summed E-state index contributed by atoms with van der Waals surface area (Å²) in [5, 5.41) is 6.64. The highest BCUT2D eigenvalue weighted by atomic mass is 16.5. The summed E-state index contributed by atoms with van der Waals surface area (Å²) >= 11 is 0. The van der Waals surface area contributed by atoms with Gasteiger partial charge in [0.15, 0.2) is 11.8 Å². The van der Waals surface area contributed by atoms with Gasteiger partial charge in [0.05, 0.1) is 0 Å². The zero-order chi connectivity index (χ0) is 10.4. The fourth-order valence-corrected chi connectivity index (χ4v) is 0.920. The predicted molar refractivity (Wildman–Crippen MR) is 52.8 cm³/mol. The number of nitrogens with one attached hydrogen (secondary N) is 1. The molecule has 1 heterocycles. The first-order chi connectivity index (χ1) is 6.68. The lowest BCUT2D eigenvalue weighted by Crippen LogP contribution is -2.36. The van der Waals surface area contributed by atoms with Crippen molar-refractivity contribution in [2.75, 3.05) is 6.54 Å². The maximum Gasteiger partial charge on any atom is 0.213 e. The molecule has 1 aromatic heterocycles. The van der Waals surface area contributed by atoms with Gasteiger partial charge in [0.2, 0.25) is 6.39 Å². The molecule has 78 valence electrons. The molecule has 1 aromatic rings. The van der Waals surface area contributed by atoms with Gasteiger partial charge in [-0.1, -0.05) is 5.16 Å². The Bertz CT molecular complexity index is 280. The Hall–Kier alpha value is -1.59. The third-order valence-corrected chi connectivity index (χ3v) is 1.46. The molecule has 0 amide bonds. The average Bonchev–Trinajstić information content (AvgIpc) is 2.55. The molecule has 0 radical (unpaired) electrons. The first-order valence-electron chi connectivity index (χ1n) is 4.50. The number of aromatic nitrogens is 2. The van der Waals surface area contributed by atoms with E-state index < -0.39 is 0 Å². The molecule has 6 nitrogen and oxygen atoms in total. The summed E-state index contributed by atoms with van der Waals surface area (Å²) in [6, 6.07) is 0.295. The number of hydrogen-bond acceptors (Lipinski definition) is 4. The van der Waals surface area contributed by atoms with Crippen molar-refractivity contribution in [3.05, 3.63) is 12.2 Å². The van der Waals surface area contributed by atoms with Gasteiger partial charge in [0.25, 0.3) is 0 Å². The molecule has 0 spiro atoms. The first kappa shape index (κ1) is 10.5. The summed E-state index contributed by atoms with van der Waals surface area (Å²) in [6.45, 7) is 4.56. The molecule has 1 rings (SSSR count). The van der Waals surface area contributed by atoms with E-state index in [0.717, 1.165) is 0 Å². The Morgan fingerprint density at radius 1 is 1.71 bits per heavy atom. The van der Waals surface area contributed by atoms with Gasteiger partial charge in [-0.25, -0.2) is 0 Å². The number of hydrogen-bond donors (Lipinski definition) is 2. The molecule has 0 fully saturated rings. The molecule has 0 saturated carbocycles. The highest BCUT2D eigenvalue weighted by Gasteiger charge is 1.98. The van der Waals surface area contributed by atoms with Crippen molar-refractivity contribution in [1.82, 2.24) is 15.5 Å². The Labute approximate surface area is 82.6 Å². The summed E-state index contributed by atoms with van der Waals surface area (Å²) in [5.74, 6) is 1.09. The van der Waals surface area contributed by atoms with Gasteiger partial charge in [-0.3, -0.25) is 4.99 Å². The van der Waals surface area contributed by atoms with Crippen LogP contribution in [0.25, 0.3) is 0 Å². The summed E-state index contributed by atoms with van der Waals surface area (Å²) in [4.78, 5) is 7.97. The molecule has 0 bridgehead atoms. The standard InChI is InChI=1S/C8H15N5O/c1-6(2)12-8(9)10-4-3-7-11-5-14-13-7/h5-6H,3-4H2,1-2H3,(H3,9,10,12). The lowest BCUT2D eigenvalue weighted by atomic mass is 10.4. The fourth-order valence-electron chi connectivity index (χ4n) is 0.920. The second-order valence-corrected chi connectivity index (χ2v) is 3.16. The van der Waals surface area contributed by atoms with Gasteiger partial charge in [0.1, 0.15) is 0 Å². The Morgan fingerprint density at radius 3 is 3.07 bits per heavy atom. The van der Waals surface area contributed by atoms with Gasteiger partial charge >= 0.3 is 0 Å². The van der Waals surface area contributed by atoms with Crippen molar-refractivity contribution < 1.29 is 4.52 Å². The zero-order valence-electron chi connectivity index (χ0n) is 8.40. The highest BCUT2D eigenvalue weighted by molar-refractivity contribution is 5.78. The van der Waals surface area contributed by atoms with E-state index in [9.17, 15) is 0 Å². The number of nitrogens with zero attached hydrogens (tertiary/aromatic N) is 3. The maximum atomic E-state index is 5.59. The van der Waals surface area contributed by atoms with Gasteiger partial charge in [0, 0.05) is 19.0 Å². The first-order valence-corrected chi connectivity index (χ1v) is 4.50. The van der Waals surface area contributed by atoms with Crippen molar-refractivity contribution in [3.8, 4) is 0 Å². The molecule has 0 aromatic carbocycles. The summed E-state index contributed by atoms with van der Waals surface area (Å²) in [7, 11) is 0. The molecular weight excluding hydrogens is 182 g/mol. The number of guanidine groups is 1. The molecule has 0 aliphatic rings. The molecule has 0 aliphatic carbocycles. The normalized spacial score (nSPS) is 12.1. The van der Waals surface area contributed by atoms with Crippen LogP contribution in [-0.4, -0.2) is 28.7 Å². The molecular formula is C8H15N5O. The van der Waals surface area contributed by atoms with Crippen LogP contribution in [0.4, 0.5) is 0 Å². The van der Waals surface area contributed by atoms with Crippen LogP contribution in [0.3, 0.4) is 0 Å². The summed E-state index contributed by atoms with van der Waals surface area (Å²) in [6.07, 6.45) is 1.94. The number of nitrogens with two attached hydrogens (primary N) is 1. The predicted octanol–water partition coefficient (Wildman–Crippen LogP) is -0.0752. The van der Waals surface area contributed by atoms with Crippen molar-refractivity contribution in [3.63, 3.8) is 0 Å². The van der Waals surface area contributed by atoms with Crippen molar-refractivity contribution in [2.24, 2.45) is 10.7 Å². The van der Waals surface area contributed by atoms with Crippen LogP contribution in [0.15, 0.2) is 15.9 Å².